The van der Waals surface area contributed by atoms with Gasteiger partial charge in [0.1, 0.15) is 0 Å². The van der Waals surface area contributed by atoms with Crippen molar-refractivity contribution in [2.45, 2.75) is 45.0 Å². The normalized spacial score (nSPS) is 25.8. The standard InChI is InChI=1S/C18H30N2S/c1-14(21-5)12-20-13-17(18(2,3)4)19-11-16(20)15-9-7-6-8-10-15/h6-10,14,16-17,19H,11-13H2,1-5H3. The van der Waals surface area contributed by atoms with Gasteiger partial charge in [0, 0.05) is 37.0 Å². The maximum Gasteiger partial charge on any atom is 0.0473 e. The van der Waals surface area contributed by atoms with Crippen LogP contribution in [0.1, 0.15) is 39.3 Å². The molecule has 2 nitrogen and oxygen atoms in total. The summed E-state index contributed by atoms with van der Waals surface area (Å²) in [4.78, 5) is 2.68. The molecule has 0 saturated carbocycles. The third-order valence-electron chi connectivity index (χ3n) is 4.54. The van der Waals surface area contributed by atoms with Crippen molar-refractivity contribution in [1.82, 2.24) is 10.2 Å². The van der Waals surface area contributed by atoms with Crippen molar-refractivity contribution in [3.63, 3.8) is 0 Å². The van der Waals surface area contributed by atoms with Crippen LogP contribution in [0.5, 0.6) is 0 Å². The van der Waals surface area contributed by atoms with Crippen LogP contribution in [0.3, 0.4) is 0 Å². The quantitative estimate of drug-likeness (QED) is 0.911. The van der Waals surface area contributed by atoms with E-state index in [2.05, 4.69) is 74.5 Å². The first kappa shape index (κ1) is 16.9. The van der Waals surface area contributed by atoms with Crippen LogP contribution in [-0.4, -0.2) is 42.1 Å². The fourth-order valence-electron chi connectivity index (χ4n) is 3.00. The summed E-state index contributed by atoms with van der Waals surface area (Å²) in [5, 5.41) is 4.46. The molecule has 3 unspecified atom stereocenters. The van der Waals surface area contributed by atoms with Gasteiger partial charge in [-0.1, -0.05) is 58.0 Å². The molecule has 1 saturated heterocycles. The lowest BCUT2D eigenvalue weighted by Crippen LogP contribution is -2.57. The van der Waals surface area contributed by atoms with Gasteiger partial charge in [-0.15, -0.1) is 0 Å². The predicted molar refractivity (Wildman–Crippen MR) is 95.0 cm³/mol. The van der Waals surface area contributed by atoms with Gasteiger partial charge in [-0.05, 0) is 17.2 Å². The van der Waals surface area contributed by atoms with Gasteiger partial charge in [-0.2, -0.15) is 11.8 Å². The molecule has 3 heteroatoms. The molecular formula is C18H30N2S. The molecule has 118 valence electrons. The van der Waals surface area contributed by atoms with Crippen molar-refractivity contribution >= 4 is 11.8 Å². The molecule has 1 aliphatic heterocycles. The van der Waals surface area contributed by atoms with E-state index in [1.165, 1.54) is 5.56 Å². The van der Waals surface area contributed by atoms with Gasteiger partial charge in [0.15, 0.2) is 0 Å². The Balaban J connectivity index is 2.16. The number of nitrogens with zero attached hydrogens (tertiary/aromatic N) is 1. The molecule has 2 rings (SSSR count). The highest BCUT2D eigenvalue weighted by atomic mass is 32.2. The smallest absolute Gasteiger partial charge is 0.0473 e. The Labute approximate surface area is 134 Å². The zero-order chi connectivity index (χ0) is 15.5. The van der Waals surface area contributed by atoms with Crippen LogP contribution in [0.15, 0.2) is 30.3 Å². The minimum atomic E-state index is 0.308. The van der Waals surface area contributed by atoms with Crippen molar-refractivity contribution in [3.8, 4) is 0 Å². The van der Waals surface area contributed by atoms with Crippen LogP contribution in [0.2, 0.25) is 0 Å². The molecule has 0 amide bonds. The molecule has 1 aliphatic rings. The Morgan fingerprint density at radius 1 is 1.29 bits per heavy atom. The van der Waals surface area contributed by atoms with E-state index in [1.807, 2.05) is 11.8 Å². The minimum absolute atomic E-state index is 0.308. The van der Waals surface area contributed by atoms with Crippen LogP contribution in [0, 0.1) is 5.41 Å². The van der Waals surface area contributed by atoms with E-state index in [9.17, 15) is 0 Å². The van der Waals surface area contributed by atoms with Crippen LogP contribution in [0.25, 0.3) is 0 Å². The summed E-state index contributed by atoms with van der Waals surface area (Å²) in [5.41, 5.74) is 1.74. The molecule has 0 bridgehead atoms. The number of nitrogens with one attached hydrogen (secondary N) is 1. The first-order valence-corrected chi connectivity index (χ1v) is 9.25. The Morgan fingerprint density at radius 3 is 2.52 bits per heavy atom. The molecule has 1 aromatic rings. The molecule has 1 fully saturated rings. The molecular weight excluding hydrogens is 276 g/mol. The second-order valence-corrected chi connectivity index (χ2v) is 8.53. The molecule has 1 heterocycles. The van der Waals surface area contributed by atoms with Gasteiger partial charge in [0.05, 0.1) is 0 Å². The topological polar surface area (TPSA) is 15.3 Å². The lowest BCUT2D eigenvalue weighted by Gasteiger charge is -2.46. The van der Waals surface area contributed by atoms with E-state index in [0.29, 0.717) is 22.7 Å². The number of hydrogen-bond acceptors (Lipinski definition) is 3. The van der Waals surface area contributed by atoms with Crippen molar-refractivity contribution in [2.75, 3.05) is 25.9 Å². The van der Waals surface area contributed by atoms with Crippen LogP contribution in [-0.2, 0) is 0 Å². The van der Waals surface area contributed by atoms with E-state index in [0.717, 1.165) is 19.6 Å². The lowest BCUT2D eigenvalue weighted by atomic mass is 9.84. The average molecular weight is 307 g/mol. The second kappa shape index (κ2) is 7.17. The Hall–Kier alpha value is -0.510. The maximum absolute atomic E-state index is 3.78. The monoisotopic (exact) mass is 306 g/mol. The van der Waals surface area contributed by atoms with E-state index in [4.69, 9.17) is 0 Å². The summed E-state index contributed by atoms with van der Waals surface area (Å²) in [7, 11) is 0. The molecule has 3 atom stereocenters. The predicted octanol–water partition coefficient (Wildman–Crippen LogP) is 3.80. The first-order valence-electron chi connectivity index (χ1n) is 7.97. The zero-order valence-electron chi connectivity index (χ0n) is 14.1. The third kappa shape index (κ3) is 4.48. The largest absolute Gasteiger partial charge is 0.310 e. The SMILES string of the molecule is CSC(C)CN1CC(C(C)(C)C)NCC1c1ccccc1. The fraction of sp³-hybridized carbons (Fsp3) is 0.667. The molecule has 1 N–H and O–H groups in total. The van der Waals surface area contributed by atoms with Crippen LogP contribution < -0.4 is 5.32 Å². The van der Waals surface area contributed by atoms with Crippen LogP contribution in [0.4, 0.5) is 0 Å². The summed E-state index contributed by atoms with van der Waals surface area (Å²) in [6.07, 6.45) is 2.21. The van der Waals surface area contributed by atoms with Gasteiger partial charge in [-0.3, -0.25) is 4.90 Å². The van der Waals surface area contributed by atoms with E-state index in [-0.39, 0.29) is 0 Å². The molecule has 0 aromatic heterocycles. The van der Waals surface area contributed by atoms with Crippen molar-refractivity contribution in [1.29, 1.82) is 0 Å². The Bertz CT molecular complexity index is 427. The lowest BCUT2D eigenvalue weighted by molar-refractivity contribution is 0.0867. The van der Waals surface area contributed by atoms with Gasteiger partial charge >= 0.3 is 0 Å². The van der Waals surface area contributed by atoms with Crippen LogP contribution >= 0.6 is 11.8 Å². The molecule has 0 aliphatic carbocycles. The Morgan fingerprint density at radius 2 is 1.95 bits per heavy atom. The van der Waals surface area contributed by atoms with Crippen molar-refractivity contribution < 1.29 is 0 Å². The number of piperazine rings is 1. The van der Waals surface area contributed by atoms with Crippen molar-refractivity contribution in [3.05, 3.63) is 35.9 Å². The highest BCUT2D eigenvalue weighted by Gasteiger charge is 2.34. The number of benzene rings is 1. The van der Waals surface area contributed by atoms with Gasteiger partial charge in [0.2, 0.25) is 0 Å². The summed E-state index contributed by atoms with van der Waals surface area (Å²) in [5.74, 6) is 0. The van der Waals surface area contributed by atoms with Gasteiger partial charge in [-0.25, -0.2) is 0 Å². The fourth-order valence-corrected chi connectivity index (χ4v) is 3.34. The summed E-state index contributed by atoms with van der Waals surface area (Å²) >= 11 is 1.96. The van der Waals surface area contributed by atoms with Gasteiger partial charge in [0.25, 0.3) is 0 Å². The number of rotatable bonds is 4. The van der Waals surface area contributed by atoms with E-state index >= 15 is 0 Å². The minimum Gasteiger partial charge on any atom is -0.310 e. The summed E-state index contributed by atoms with van der Waals surface area (Å²) in [6, 6.07) is 12.0. The average Bonchev–Trinajstić information content (AvgIpc) is 2.47. The molecule has 1 aromatic carbocycles. The molecule has 0 radical (unpaired) electrons. The zero-order valence-corrected chi connectivity index (χ0v) is 14.9. The Kier molecular flexibility index (Phi) is 5.75. The summed E-state index contributed by atoms with van der Waals surface area (Å²) < 4.78 is 0. The number of hydrogen-bond donors (Lipinski definition) is 1. The highest BCUT2D eigenvalue weighted by Crippen LogP contribution is 2.30. The summed E-state index contributed by atoms with van der Waals surface area (Å²) in [6.45, 7) is 12.7. The highest BCUT2D eigenvalue weighted by molar-refractivity contribution is 7.99. The molecule has 21 heavy (non-hydrogen) atoms. The van der Waals surface area contributed by atoms with E-state index < -0.39 is 0 Å². The third-order valence-corrected chi connectivity index (χ3v) is 5.49. The van der Waals surface area contributed by atoms with E-state index in [1.54, 1.807) is 0 Å². The second-order valence-electron chi connectivity index (χ2n) is 7.25. The van der Waals surface area contributed by atoms with Gasteiger partial charge < -0.3 is 5.32 Å². The molecule has 0 spiro atoms. The number of thioether (sulfide) groups is 1. The first-order chi connectivity index (χ1) is 9.91. The maximum atomic E-state index is 3.78. The van der Waals surface area contributed by atoms with Crippen molar-refractivity contribution in [2.24, 2.45) is 5.41 Å².